The molecule has 1 aromatic carbocycles. The van der Waals surface area contributed by atoms with E-state index in [-0.39, 0.29) is 0 Å². The van der Waals surface area contributed by atoms with E-state index in [0.29, 0.717) is 0 Å². The number of anilines is 1. The molecule has 82 valence electrons. The van der Waals surface area contributed by atoms with Gasteiger partial charge in [-0.2, -0.15) is 0 Å². The molecule has 1 heterocycles. The Morgan fingerprint density at radius 2 is 2.27 bits per heavy atom. The van der Waals surface area contributed by atoms with Gasteiger partial charge in [0.05, 0.1) is 0 Å². The van der Waals surface area contributed by atoms with Crippen molar-refractivity contribution in [3.8, 4) is 0 Å². The number of hydrogen-bond acceptors (Lipinski definition) is 2. The van der Waals surface area contributed by atoms with Crippen LogP contribution in [0, 0.1) is 0 Å². The number of nitrogens with zero attached hydrogens (tertiary/aromatic N) is 1. The molecule has 2 heteroatoms. The minimum Gasteiger partial charge on any atom is -0.385 e. The molecular formula is C13H20N2. The third-order valence-electron chi connectivity index (χ3n) is 3.17. The van der Waals surface area contributed by atoms with Crippen LogP contribution in [0.3, 0.4) is 0 Å². The largest absolute Gasteiger partial charge is 0.385 e. The second-order valence-corrected chi connectivity index (χ2v) is 4.30. The lowest BCUT2D eigenvalue weighted by molar-refractivity contribution is 0.344. The summed E-state index contributed by atoms with van der Waals surface area (Å²) in [6, 6.07) is 6.62. The molecule has 0 amide bonds. The van der Waals surface area contributed by atoms with Gasteiger partial charge in [0, 0.05) is 18.8 Å². The van der Waals surface area contributed by atoms with Gasteiger partial charge in [-0.25, -0.2) is 0 Å². The van der Waals surface area contributed by atoms with E-state index < -0.39 is 0 Å². The molecular weight excluding hydrogens is 184 g/mol. The molecule has 0 saturated heterocycles. The van der Waals surface area contributed by atoms with Crippen LogP contribution < -0.4 is 5.32 Å². The van der Waals surface area contributed by atoms with E-state index in [1.807, 2.05) is 0 Å². The Morgan fingerprint density at radius 3 is 3.07 bits per heavy atom. The van der Waals surface area contributed by atoms with Crippen molar-refractivity contribution in [2.75, 3.05) is 25.5 Å². The summed E-state index contributed by atoms with van der Waals surface area (Å²) in [7, 11) is 2.18. The molecule has 0 atom stereocenters. The topological polar surface area (TPSA) is 15.3 Å². The van der Waals surface area contributed by atoms with Crippen molar-refractivity contribution >= 4 is 5.69 Å². The van der Waals surface area contributed by atoms with Gasteiger partial charge in [-0.3, -0.25) is 0 Å². The van der Waals surface area contributed by atoms with Crippen LogP contribution in [0.5, 0.6) is 0 Å². The summed E-state index contributed by atoms with van der Waals surface area (Å²) in [5.41, 5.74) is 4.37. The molecule has 15 heavy (non-hydrogen) atoms. The Balaban J connectivity index is 2.23. The summed E-state index contributed by atoms with van der Waals surface area (Å²) in [4.78, 5) is 2.35. The van der Waals surface area contributed by atoms with Crippen molar-refractivity contribution in [2.45, 2.75) is 26.3 Å². The maximum atomic E-state index is 3.48. The second-order valence-electron chi connectivity index (χ2n) is 4.30. The lowest BCUT2D eigenvalue weighted by Crippen LogP contribution is -2.20. The van der Waals surface area contributed by atoms with Gasteiger partial charge >= 0.3 is 0 Å². The Bertz CT molecular complexity index is 333. The summed E-state index contributed by atoms with van der Waals surface area (Å²) < 4.78 is 0. The highest BCUT2D eigenvalue weighted by molar-refractivity contribution is 5.56. The first-order valence-corrected chi connectivity index (χ1v) is 5.84. The van der Waals surface area contributed by atoms with E-state index >= 15 is 0 Å². The van der Waals surface area contributed by atoms with Crippen LogP contribution in [0.1, 0.15) is 24.5 Å². The fourth-order valence-corrected chi connectivity index (χ4v) is 2.13. The lowest BCUT2D eigenvalue weighted by Gasteiger charge is -2.23. The molecule has 2 nitrogen and oxygen atoms in total. The molecule has 1 N–H and O–H groups in total. The van der Waals surface area contributed by atoms with Gasteiger partial charge in [-0.1, -0.05) is 19.1 Å². The Hall–Kier alpha value is -1.02. The van der Waals surface area contributed by atoms with Gasteiger partial charge < -0.3 is 10.2 Å². The molecule has 0 saturated carbocycles. The summed E-state index contributed by atoms with van der Waals surface area (Å²) >= 11 is 0. The Morgan fingerprint density at radius 1 is 1.40 bits per heavy atom. The Kier molecular flexibility index (Phi) is 3.27. The fourth-order valence-electron chi connectivity index (χ4n) is 2.13. The molecule has 0 bridgehead atoms. The van der Waals surface area contributed by atoms with Gasteiger partial charge in [0.25, 0.3) is 0 Å². The van der Waals surface area contributed by atoms with Crippen molar-refractivity contribution in [3.05, 3.63) is 29.3 Å². The van der Waals surface area contributed by atoms with Crippen LogP contribution in [0.15, 0.2) is 18.2 Å². The van der Waals surface area contributed by atoms with Crippen LogP contribution >= 0.6 is 0 Å². The molecule has 0 spiro atoms. The zero-order valence-corrected chi connectivity index (χ0v) is 9.71. The van der Waals surface area contributed by atoms with E-state index in [4.69, 9.17) is 0 Å². The molecule has 0 unspecified atom stereocenters. The molecule has 0 aromatic heterocycles. The maximum absolute atomic E-state index is 3.48. The summed E-state index contributed by atoms with van der Waals surface area (Å²) in [5, 5.41) is 3.48. The van der Waals surface area contributed by atoms with Crippen molar-refractivity contribution in [1.29, 1.82) is 0 Å². The van der Waals surface area contributed by atoms with Crippen LogP contribution in [0.25, 0.3) is 0 Å². The molecule has 1 aromatic rings. The average molecular weight is 204 g/mol. The van der Waals surface area contributed by atoms with Gasteiger partial charge in [-0.05, 0) is 43.6 Å². The quantitative estimate of drug-likeness (QED) is 0.813. The standard InChI is InChI=1S/C13H20N2/c1-3-15(2)10-11-6-4-8-13-12(11)7-5-9-14-13/h4,6,8,14H,3,5,7,9-10H2,1-2H3. The SMILES string of the molecule is CCN(C)Cc1cccc2c1CCCN2. The number of rotatable bonds is 3. The predicted molar refractivity (Wildman–Crippen MR) is 65.3 cm³/mol. The van der Waals surface area contributed by atoms with Crippen LogP contribution in [-0.4, -0.2) is 25.0 Å². The summed E-state index contributed by atoms with van der Waals surface area (Å²) in [5.74, 6) is 0. The molecule has 0 radical (unpaired) electrons. The van der Waals surface area contributed by atoms with Crippen molar-refractivity contribution < 1.29 is 0 Å². The van der Waals surface area contributed by atoms with Crippen LogP contribution in [0.2, 0.25) is 0 Å². The van der Waals surface area contributed by atoms with Gasteiger partial charge in [0.1, 0.15) is 0 Å². The van der Waals surface area contributed by atoms with Gasteiger partial charge in [0.15, 0.2) is 0 Å². The van der Waals surface area contributed by atoms with Crippen LogP contribution in [-0.2, 0) is 13.0 Å². The third kappa shape index (κ3) is 2.32. The first-order chi connectivity index (χ1) is 7.31. The molecule has 1 aliphatic heterocycles. The lowest BCUT2D eigenvalue weighted by atomic mass is 9.97. The van der Waals surface area contributed by atoms with Crippen molar-refractivity contribution in [3.63, 3.8) is 0 Å². The zero-order valence-electron chi connectivity index (χ0n) is 9.71. The first-order valence-electron chi connectivity index (χ1n) is 5.84. The van der Waals surface area contributed by atoms with Crippen molar-refractivity contribution in [2.24, 2.45) is 0 Å². The van der Waals surface area contributed by atoms with Crippen molar-refractivity contribution in [1.82, 2.24) is 4.90 Å². The number of nitrogens with one attached hydrogen (secondary N) is 1. The van der Waals surface area contributed by atoms with Gasteiger partial charge in [-0.15, -0.1) is 0 Å². The molecule has 2 rings (SSSR count). The van der Waals surface area contributed by atoms with Crippen LogP contribution in [0.4, 0.5) is 5.69 Å². The minimum atomic E-state index is 1.07. The normalized spacial score (nSPS) is 14.9. The number of benzene rings is 1. The predicted octanol–water partition coefficient (Wildman–Crippen LogP) is 2.50. The van der Waals surface area contributed by atoms with E-state index in [0.717, 1.165) is 19.6 Å². The minimum absolute atomic E-state index is 1.07. The average Bonchev–Trinajstić information content (AvgIpc) is 2.29. The van der Waals surface area contributed by atoms with Gasteiger partial charge in [0.2, 0.25) is 0 Å². The summed E-state index contributed by atoms with van der Waals surface area (Å²) in [6.45, 7) is 5.51. The van der Waals surface area contributed by atoms with E-state index in [2.05, 4.69) is 42.4 Å². The van der Waals surface area contributed by atoms with E-state index in [1.165, 1.54) is 29.7 Å². The summed E-state index contributed by atoms with van der Waals surface area (Å²) in [6.07, 6.45) is 2.50. The highest BCUT2D eigenvalue weighted by Crippen LogP contribution is 2.25. The highest BCUT2D eigenvalue weighted by Gasteiger charge is 2.12. The fraction of sp³-hybridized carbons (Fsp3) is 0.538. The Labute approximate surface area is 92.3 Å². The van der Waals surface area contributed by atoms with E-state index in [1.54, 1.807) is 0 Å². The number of fused-ring (bicyclic) bond motifs is 1. The molecule has 0 fully saturated rings. The monoisotopic (exact) mass is 204 g/mol. The second kappa shape index (κ2) is 4.67. The first kappa shape index (κ1) is 10.5. The van der Waals surface area contributed by atoms with E-state index in [9.17, 15) is 0 Å². The molecule has 0 aliphatic carbocycles. The zero-order chi connectivity index (χ0) is 10.7. The maximum Gasteiger partial charge on any atom is 0.0375 e. The third-order valence-corrected chi connectivity index (χ3v) is 3.17. The number of hydrogen-bond donors (Lipinski definition) is 1. The smallest absolute Gasteiger partial charge is 0.0375 e. The highest BCUT2D eigenvalue weighted by atomic mass is 15.1. The molecule has 1 aliphatic rings.